The molecule has 4 aromatic carbocycles. The second-order valence-electron chi connectivity index (χ2n) is 17.9. The van der Waals surface area contributed by atoms with Crippen LogP contribution in [0.15, 0.2) is 110 Å². The molecule has 0 spiro atoms. The highest BCUT2D eigenvalue weighted by atomic mass is 19.1. The molecule has 0 bridgehead atoms. The van der Waals surface area contributed by atoms with Crippen LogP contribution in [-0.4, -0.2) is 31.9 Å². The highest BCUT2D eigenvalue weighted by Gasteiger charge is 2.16. The van der Waals surface area contributed by atoms with E-state index >= 15 is 0 Å². The molecule has 0 atom stereocenters. The zero-order valence-electron chi connectivity index (χ0n) is 41.4. The summed E-state index contributed by atoms with van der Waals surface area (Å²) >= 11 is 0. The summed E-state index contributed by atoms with van der Waals surface area (Å²) in [5, 5.41) is 0. The quantitative estimate of drug-likeness (QED) is 0.0286. The summed E-state index contributed by atoms with van der Waals surface area (Å²) in [6, 6.07) is 23.5. The zero-order chi connectivity index (χ0) is 49.1. The number of halogens is 2. The molecular weight excluding hydrogens is 867 g/mol. The predicted octanol–water partition coefficient (Wildman–Crippen LogP) is 15.9. The molecule has 6 aromatic rings. The van der Waals surface area contributed by atoms with E-state index in [2.05, 4.69) is 47.6 Å². The lowest BCUT2D eigenvalue weighted by molar-refractivity contribution is 0.0724. The highest BCUT2D eigenvalue weighted by Crippen LogP contribution is 2.27. The van der Waals surface area contributed by atoms with E-state index in [1.165, 1.54) is 107 Å². The van der Waals surface area contributed by atoms with E-state index in [1.807, 2.05) is 24.3 Å². The van der Waals surface area contributed by atoms with Gasteiger partial charge in [-0.3, -0.25) is 0 Å². The minimum atomic E-state index is -0.525. The Labute approximate surface area is 409 Å². The lowest BCUT2D eigenvalue weighted by atomic mass is 10.0. The predicted molar refractivity (Wildman–Crippen MR) is 274 cm³/mol. The number of esters is 2. The monoisotopic (exact) mass is 939 g/mol. The maximum atomic E-state index is 14.8. The van der Waals surface area contributed by atoms with Gasteiger partial charge in [0.15, 0.2) is 11.6 Å². The Balaban J connectivity index is 0.000000258. The minimum Gasteiger partial charge on any atom is -0.423 e. The molecule has 0 aliphatic carbocycles. The fourth-order valence-corrected chi connectivity index (χ4v) is 7.87. The van der Waals surface area contributed by atoms with Gasteiger partial charge in [0.2, 0.25) is 0 Å². The topological polar surface area (TPSA) is 104 Å². The summed E-state index contributed by atoms with van der Waals surface area (Å²) in [5.41, 5.74) is 5.98. The summed E-state index contributed by atoms with van der Waals surface area (Å²) in [4.78, 5) is 42.3. The van der Waals surface area contributed by atoms with Crippen molar-refractivity contribution in [3.8, 4) is 34.3 Å². The number of carbonyl (C=O) groups is 2. The van der Waals surface area contributed by atoms with Crippen molar-refractivity contribution in [3.63, 3.8) is 0 Å². The molecular formula is C59H72F2N4O4. The molecule has 6 rings (SSSR count). The molecule has 0 radical (unpaired) electrons. The summed E-state index contributed by atoms with van der Waals surface area (Å²) in [6.45, 7) is 8.78. The summed E-state index contributed by atoms with van der Waals surface area (Å²) in [5.74, 6) is -1.10. The highest BCUT2D eigenvalue weighted by molar-refractivity contribution is 5.91. The van der Waals surface area contributed by atoms with Gasteiger partial charge in [-0.15, -0.1) is 0 Å². The number of carbonyl (C=O) groups excluding carboxylic acids is 2. The molecule has 8 nitrogen and oxygen atoms in total. The van der Waals surface area contributed by atoms with Gasteiger partial charge in [0.25, 0.3) is 0 Å². The van der Waals surface area contributed by atoms with Crippen LogP contribution in [0.25, 0.3) is 22.8 Å². The van der Waals surface area contributed by atoms with Gasteiger partial charge in [0.1, 0.15) is 23.1 Å². The van der Waals surface area contributed by atoms with Crippen molar-refractivity contribution in [3.05, 3.63) is 155 Å². The maximum absolute atomic E-state index is 14.8. The molecule has 10 heteroatoms. The first kappa shape index (κ1) is 53.8. The SMILES string of the molecule is CCCCCCCc1cnc(-c2ccc(OC(=O)c3ccc(CCCCCC)cc3)cc2F)nc1.CCCCCCc1ccc(C(=O)Oc2ccc(-c3ncc(CCCCCC)cn3)c(F)c2)cc1. The Morgan fingerprint density at radius 3 is 1.01 bits per heavy atom. The van der Waals surface area contributed by atoms with Crippen LogP contribution in [0, 0.1) is 11.6 Å². The number of unbranched alkanes of at least 4 members (excludes halogenated alkanes) is 13. The fourth-order valence-electron chi connectivity index (χ4n) is 7.87. The van der Waals surface area contributed by atoms with E-state index in [9.17, 15) is 18.4 Å². The van der Waals surface area contributed by atoms with Crippen LogP contribution < -0.4 is 9.47 Å². The number of hydrogen-bond donors (Lipinski definition) is 0. The summed E-state index contributed by atoms with van der Waals surface area (Å²) in [7, 11) is 0. The van der Waals surface area contributed by atoms with E-state index in [4.69, 9.17) is 9.47 Å². The van der Waals surface area contributed by atoms with Crippen LogP contribution in [0.3, 0.4) is 0 Å². The molecule has 0 N–H and O–H groups in total. The van der Waals surface area contributed by atoms with Crippen LogP contribution in [-0.2, 0) is 25.7 Å². The van der Waals surface area contributed by atoms with Gasteiger partial charge in [0, 0.05) is 36.9 Å². The zero-order valence-corrected chi connectivity index (χ0v) is 41.4. The Morgan fingerprint density at radius 2 is 0.696 bits per heavy atom. The number of hydrogen-bond acceptors (Lipinski definition) is 8. The second kappa shape index (κ2) is 30.4. The van der Waals surface area contributed by atoms with Crippen LogP contribution >= 0.6 is 0 Å². The molecule has 0 aliphatic heterocycles. The normalized spacial score (nSPS) is 10.9. The average molecular weight is 939 g/mol. The van der Waals surface area contributed by atoms with Gasteiger partial charge >= 0.3 is 11.9 Å². The third-order valence-corrected chi connectivity index (χ3v) is 12.1. The van der Waals surface area contributed by atoms with Gasteiger partial charge in [-0.1, -0.05) is 135 Å². The lowest BCUT2D eigenvalue weighted by Gasteiger charge is -2.08. The smallest absolute Gasteiger partial charge is 0.343 e. The summed E-state index contributed by atoms with van der Waals surface area (Å²) in [6.07, 6.45) is 31.4. The van der Waals surface area contributed by atoms with Crippen molar-refractivity contribution in [1.82, 2.24) is 19.9 Å². The Morgan fingerprint density at radius 1 is 0.391 bits per heavy atom. The van der Waals surface area contributed by atoms with Gasteiger partial charge < -0.3 is 9.47 Å². The van der Waals surface area contributed by atoms with Crippen LogP contribution in [0.4, 0.5) is 8.78 Å². The third kappa shape index (κ3) is 18.7. The fraction of sp³-hybridized carbons (Fsp3) is 0.424. The minimum absolute atomic E-state index is 0.155. The van der Waals surface area contributed by atoms with E-state index in [-0.39, 0.29) is 22.6 Å². The molecule has 366 valence electrons. The largest absolute Gasteiger partial charge is 0.423 e. The average Bonchev–Trinajstić information content (AvgIpc) is 3.37. The molecule has 0 fully saturated rings. The first-order valence-corrected chi connectivity index (χ1v) is 25.5. The van der Waals surface area contributed by atoms with Crippen molar-refractivity contribution in [1.29, 1.82) is 0 Å². The number of aromatic nitrogens is 4. The number of ether oxygens (including phenoxy) is 2. The van der Waals surface area contributed by atoms with E-state index in [0.29, 0.717) is 22.8 Å². The van der Waals surface area contributed by atoms with Gasteiger partial charge in [0.05, 0.1) is 22.3 Å². The van der Waals surface area contributed by atoms with Crippen molar-refractivity contribution in [2.75, 3.05) is 0 Å². The van der Waals surface area contributed by atoms with Gasteiger partial charge in [-0.05, 0) is 122 Å². The lowest BCUT2D eigenvalue weighted by Crippen LogP contribution is -2.09. The van der Waals surface area contributed by atoms with Crippen molar-refractivity contribution < 1.29 is 27.8 Å². The van der Waals surface area contributed by atoms with Crippen LogP contribution in [0.1, 0.15) is 180 Å². The van der Waals surface area contributed by atoms with Crippen molar-refractivity contribution in [2.45, 2.75) is 163 Å². The molecule has 0 saturated carbocycles. The molecule has 69 heavy (non-hydrogen) atoms. The van der Waals surface area contributed by atoms with Crippen molar-refractivity contribution in [2.24, 2.45) is 0 Å². The standard InChI is InChI=1S/C30H37FN2O2.C29H35FN2O2/c1-3-5-7-9-11-13-24-21-32-29(33-22-24)27-19-18-26(20-28(27)31)35-30(34)25-16-14-23(15-17-25)12-10-8-6-4-2;1-3-5-7-9-11-22-13-15-24(16-14-22)29(33)34-25-17-18-26(27(30)19-25)28-31-20-23(21-32-28)12-10-8-6-4-2/h14-22H,3-13H2,1-2H3;13-21H,3-12H2,1-2H3. The Bertz CT molecular complexity index is 2420. The first-order valence-electron chi connectivity index (χ1n) is 25.5. The van der Waals surface area contributed by atoms with Gasteiger partial charge in [-0.25, -0.2) is 38.3 Å². The molecule has 0 unspecified atom stereocenters. The third-order valence-electron chi connectivity index (χ3n) is 12.1. The number of rotatable bonds is 27. The number of nitrogens with zero attached hydrogens (tertiary/aromatic N) is 4. The molecule has 0 aliphatic rings. The molecule has 2 aromatic heterocycles. The Kier molecular flexibility index (Phi) is 23.7. The molecule has 0 amide bonds. The van der Waals surface area contributed by atoms with E-state index < -0.39 is 23.6 Å². The van der Waals surface area contributed by atoms with Crippen LogP contribution in [0.2, 0.25) is 0 Å². The van der Waals surface area contributed by atoms with Crippen molar-refractivity contribution >= 4 is 11.9 Å². The number of benzene rings is 4. The maximum Gasteiger partial charge on any atom is 0.343 e. The summed E-state index contributed by atoms with van der Waals surface area (Å²) < 4.78 is 40.3. The second-order valence-corrected chi connectivity index (χ2v) is 17.9. The Hall–Kier alpha value is -6.16. The molecule has 2 heterocycles. The van der Waals surface area contributed by atoms with Gasteiger partial charge in [-0.2, -0.15) is 0 Å². The van der Waals surface area contributed by atoms with Crippen LogP contribution in [0.5, 0.6) is 11.5 Å². The number of aryl methyl sites for hydroxylation is 4. The first-order chi connectivity index (χ1) is 33.7. The molecule has 0 saturated heterocycles. The van der Waals surface area contributed by atoms with E-state index in [1.54, 1.807) is 73.3 Å². The van der Waals surface area contributed by atoms with E-state index in [0.717, 1.165) is 62.5 Å².